The predicted octanol–water partition coefficient (Wildman–Crippen LogP) is 6.09. The second kappa shape index (κ2) is 34.6. The minimum absolute atomic E-state index is 0.137. The highest BCUT2D eigenvalue weighted by Crippen LogP contribution is 2.23. The largest absolute Gasteiger partial charge is 0.394 e. The number of carbonyl (C=O) groups excluding carboxylic acids is 2. The summed E-state index contributed by atoms with van der Waals surface area (Å²) in [6.45, 7) is 4.19. The molecule has 2 amide bonds. The first-order valence-electron chi connectivity index (χ1n) is 22.5. The molecule has 0 saturated carbocycles. The van der Waals surface area contributed by atoms with Crippen molar-refractivity contribution in [2.45, 2.75) is 243 Å². The van der Waals surface area contributed by atoms with Gasteiger partial charge in [0.1, 0.15) is 30.5 Å². The lowest BCUT2D eigenvalue weighted by Crippen LogP contribution is -2.60. The van der Waals surface area contributed by atoms with Gasteiger partial charge in [-0.05, 0) is 25.7 Å². The molecule has 2 unspecified atom stereocenters. The predicted molar refractivity (Wildman–Crippen MR) is 217 cm³/mol. The van der Waals surface area contributed by atoms with Gasteiger partial charge in [-0.3, -0.25) is 9.59 Å². The van der Waals surface area contributed by atoms with E-state index in [-0.39, 0.29) is 24.8 Å². The number of nitrogens with one attached hydrogen (secondary N) is 2. The number of amides is 2. The maximum atomic E-state index is 13.0. The molecule has 1 heterocycles. The monoisotopic (exact) mass is 789 g/mol. The van der Waals surface area contributed by atoms with Crippen molar-refractivity contribution in [1.29, 1.82) is 0 Å². The van der Waals surface area contributed by atoms with E-state index < -0.39 is 55.6 Å². The first kappa shape index (κ1) is 51.6. The molecule has 12 heteroatoms. The summed E-state index contributed by atoms with van der Waals surface area (Å²) in [7, 11) is 0. The molecule has 0 spiro atoms. The van der Waals surface area contributed by atoms with Crippen molar-refractivity contribution in [2.24, 2.45) is 0 Å². The van der Waals surface area contributed by atoms with Gasteiger partial charge in [0.2, 0.25) is 11.8 Å². The maximum Gasteiger partial charge on any atom is 0.220 e. The fourth-order valence-corrected chi connectivity index (χ4v) is 7.22. The van der Waals surface area contributed by atoms with Gasteiger partial charge in [0, 0.05) is 19.4 Å². The average Bonchev–Trinajstić information content (AvgIpc) is 3.18. The van der Waals surface area contributed by atoms with Gasteiger partial charge in [-0.1, -0.05) is 155 Å². The molecule has 1 aliphatic heterocycles. The zero-order valence-corrected chi connectivity index (χ0v) is 34.9. The molecule has 8 atom stereocenters. The second-order valence-corrected chi connectivity index (χ2v) is 16.0. The molecule has 0 aromatic heterocycles. The number of ether oxygens (including phenoxy) is 2. The lowest BCUT2D eigenvalue weighted by atomic mass is 9.98. The Morgan fingerprint density at radius 2 is 1.05 bits per heavy atom. The van der Waals surface area contributed by atoms with Crippen molar-refractivity contribution >= 4 is 11.8 Å². The molecule has 55 heavy (non-hydrogen) atoms. The van der Waals surface area contributed by atoms with Crippen molar-refractivity contribution in [3.63, 3.8) is 0 Å². The van der Waals surface area contributed by atoms with Crippen molar-refractivity contribution < 1.29 is 49.7 Å². The zero-order valence-electron chi connectivity index (χ0n) is 34.9. The van der Waals surface area contributed by atoms with Crippen LogP contribution in [-0.2, 0) is 19.1 Å². The number of hydrogen-bond donors (Lipinski definition) is 8. The molecule has 1 rings (SSSR count). The van der Waals surface area contributed by atoms with Crippen LogP contribution in [0.2, 0.25) is 0 Å². The molecular weight excluding hydrogens is 704 g/mol. The van der Waals surface area contributed by atoms with Gasteiger partial charge in [-0.25, -0.2) is 0 Å². The topological polar surface area (TPSA) is 198 Å². The summed E-state index contributed by atoms with van der Waals surface area (Å²) in [5, 5.41) is 68.0. The van der Waals surface area contributed by atoms with Crippen molar-refractivity contribution in [2.75, 3.05) is 19.8 Å². The molecule has 1 aliphatic rings. The number of carbonyl (C=O) groups is 2. The minimum Gasteiger partial charge on any atom is -0.394 e. The van der Waals surface area contributed by atoms with E-state index in [4.69, 9.17) is 9.47 Å². The van der Waals surface area contributed by atoms with Crippen LogP contribution >= 0.6 is 0 Å². The smallest absolute Gasteiger partial charge is 0.220 e. The fraction of sp³-hybridized carbons (Fsp3) is 0.953. The first-order chi connectivity index (χ1) is 26.7. The minimum atomic E-state index is -1.62. The van der Waals surface area contributed by atoms with E-state index in [0.29, 0.717) is 25.8 Å². The van der Waals surface area contributed by atoms with Crippen LogP contribution in [0.25, 0.3) is 0 Å². The van der Waals surface area contributed by atoms with Gasteiger partial charge < -0.3 is 50.7 Å². The number of unbranched alkanes of at least 4 members (excludes halogenated alkanes) is 22. The van der Waals surface area contributed by atoms with E-state index in [1.54, 1.807) is 0 Å². The van der Waals surface area contributed by atoms with E-state index in [1.807, 2.05) is 0 Å². The molecule has 1 fully saturated rings. The van der Waals surface area contributed by atoms with Gasteiger partial charge in [0.05, 0.1) is 25.4 Å². The number of aliphatic hydroxyl groups is 6. The molecular formula is C43H84N2O10. The van der Waals surface area contributed by atoms with Crippen molar-refractivity contribution in [1.82, 2.24) is 10.6 Å². The Labute approximate surface area is 333 Å². The van der Waals surface area contributed by atoms with Crippen LogP contribution in [0, 0.1) is 0 Å². The standard InChI is InChI=1S/C43H84N2O10/c1-3-5-7-9-11-12-13-14-15-17-20-24-28-35(47)39(50)34(33-54-43-42(53)41(52)40(51)36(32-46)55-43)45-38(49)30-26-22-18-19-23-27-31-44-37(48)29-25-21-16-10-8-6-4-2/h34-36,39-43,46-47,50-53H,3-33H2,1-2H3,(H,44,48)(H,45,49)/t34-,35+,36?,39-,40-,41-,42?,43-/m0/s1. The Morgan fingerprint density at radius 3 is 1.56 bits per heavy atom. The molecule has 12 nitrogen and oxygen atoms in total. The lowest BCUT2D eigenvalue weighted by molar-refractivity contribution is -0.303. The van der Waals surface area contributed by atoms with Crippen LogP contribution in [0.5, 0.6) is 0 Å². The number of rotatable bonds is 37. The highest BCUT2D eigenvalue weighted by Gasteiger charge is 2.44. The fourth-order valence-electron chi connectivity index (χ4n) is 7.22. The van der Waals surface area contributed by atoms with Gasteiger partial charge in [-0.15, -0.1) is 0 Å². The lowest BCUT2D eigenvalue weighted by Gasteiger charge is -2.40. The highest BCUT2D eigenvalue weighted by atomic mass is 16.7. The average molecular weight is 789 g/mol. The molecule has 0 aliphatic carbocycles. The first-order valence-corrected chi connectivity index (χ1v) is 22.5. The van der Waals surface area contributed by atoms with Crippen molar-refractivity contribution in [3.05, 3.63) is 0 Å². The molecule has 0 bridgehead atoms. The van der Waals surface area contributed by atoms with Crippen LogP contribution in [0.15, 0.2) is 0 Å². The molecule has 0 radical (unpaired) electrons. The van der Waals surface area contributed by atoms with E-state index in [1.165, 1.54) is 83.5 Å². The Morgan fingerprint density at radius 1 is 0.600 bits per heavy atom. The summed E-state index contributed by atoms with van der Waals surface area (Å²) in [4.78, 5) is 25.0. The quantitative estimate of drug-likeness (QED) is 0.0341. The Kier molecular flexibility index (Phi) is 32.5. The van der Waals surface area contributed by atoms with E-state index in [0.717, 1.165) is 70.6 Å². The molecule has 1 saturated heterocycles. The van der Waals surface area contributed by atoms with E-state index in [2.05, 4.69) is 24.5 Å². The molecule has 0 aromatic carbocycles. The SMILES string of the molecule is CCCCCCCCCCCCCC[C@@H](O)[C@@H](O)[C@H](CO[C@H]1OC(CO)[C@H](O)[C@H](O)C1O)NC(=O)CCCCCCCCNC(=O)CCCCCCCCC. The Bertz CT molecular complexity index is 913. The summed E-state index contributed by atoms with van der Waals surface area (Å²) < 4.78 is 11.1. The summed E-state index contributed by atoms with van der Waals surface area (Å²) >= 11 is 0. The summed E-state index contributed by atoms with van der Waals surface area (Å²) in [6.07, 6.45) is 19.3. The highest BCUT2D eigenvalue weighted by molar-refractivity contribution is 5.76. The second-order valence-electron chi connectivity index (χ2n) is 16.0. The van der Waals surface area contributed by atoms with Crippen LogP contribution in [0.3, 0.4) is 0 Å². The summed E-state index contributed by atoms with van der Waals surface area (Å²) in [5.41, 5.74) is 0. The normalized spacial score (nSPS) is 21.6. The van der Waals surface area contributed by atoms with E-state index >= 15 is 0 Å². The third kappa shape index (κ3) is 25.6. The summed E-state index contributed by atoms with van der Waals surface area (Å²) in [5.74, 6) is -0.166. The Balaban J connectivity index is 2.41. The third-order valence-electron chi connectivity index (χ3n) is 11.0. The van der Waals surface area contributed by atoms with Gasteiger partial charge in [0.15, 0.2) is 6.29 Å². The van der Waals surface area contributed by atoms with Gasteiger partial charge in [-0.2, -0.15) is 0 Å². The van der Waals surface area contributed by atoms with Crippen molar-refractivity contribution in [3.8, 4) is 0 Å². The molecule has 326 valence electrons. The van der Waals surface area contributed by atoms with Gasteiger partial charge in [0.25, 0.3) is 0 Å². The molecule has 0 aromatic rings. The number of hydrogen-bond acceptors (Lipinski definition) is 10. The number of aliphatic hydroxyl groups excluding tert-OH is 6. The van der Waals surface area contributed by atoms with Crippen LogP contribution in [0.1, 0.15) is 194 Å². The van der Waals surface area contributed by atoms with E-state index in [9.17, 15) is 40.2 Å². The van der Waals surface area contributed by atoms with Gasteiger partial charge >= 0.3 is 0 Å². The summed E-state index contributed by atoms with van der Waals surface area (Å²) in [6, 6.07) is -1.02. The maximum absolute atomic E-state index is 13.0. The zero-order chi connectivity index (χ0) is 40.5. The van der Waals surface area contributed by atoms with Crippen LogP contribution in [0.4, 0.5) is 0 Å². The van der Waals surface area contributed by atoms with Crippen LogP contribution < -0.4 is 10.6 Å². The van der Waals surface area contributed by atoms with Crippen LogP contribution in [-0.4, -0.2) is 111 Å². The third-order valence-corrected chi connectivity index (χ3v) is 11.0. The Hall–Kier alpha value is -1.38. The molecule has 8 N–H and O–H groups in total.